The summed E-state index contributed by atoms with van der Waals surface area (Å²) in [5.41, 5.74) is 1.56. The highest BCUT2D eigenvalue weighted by Crippen LogP contribution is 2.24. The quantitative estimate of drug-likeness (QED) is 0.602. The molecule has 0 spiro atoms. The fraction of sp³-hybridized carbons (Fsp3) is 0.190. The molecule has 3 aromatic rings. The molecular weight excluding hydrogens is 376 g/mol. The molecule has 0 aliphatic rings. The van der Waals surface area contributed by atoms with E-state index in [1.165, 1.54) is 13.2 Å². The van der Waals surface area contributed by atoms with Gasteiger partial charge in [-0.05, 0) is 35.9 Å². The number of ether oxygens (including phenoxy) is 2. The number of rotatable bonds is 8. The number of aliphatic carboxylic acids is 1. The van der Waals surface area contributed by atoms with Crippen LogP contribution in [0.2, 0.25) is 0 Å². The van der Waals surface area contributed by atoms with Gasteiger partial charge in [0.15, 0.2) is 11.8 Å². The van der Waals surface area contributed by atoms with E-state index >= 15 is 0 Å². The second kappa shape index (κ2) is 8.91. The first kappa shape index (κ1) is 19.9. The van der Waals surface area contributed by atoms with E-state index in [-0.39, 0.29) is 19.0 Å². The third-order valence-corrected chi connectivity index (χ3v) is 4.23. The minimum atomic E-state index is -1.28. The Morgan fingerprint density at radius 3 is 2.76 bits per heavy atom. The fourth-order valence-corrected chi connectivity index (χ4v) is 2.71. The van der Waals surface area contributed by atoms with Crippen molar-refractivity contribution in [3.63, 3.8) is 0 Å². The third-order valence-electron chi connectivity index (χ3n) is 4.23. The number of nitrogens with one attached hydrogen (secondary N) is 1. The van der Waals surface area contributed by atoms with Gasteiger partial charge in [0.05, 0.1) is 32.0 Å². The zero-order valence-electron chi connectivity index (χ0n) is 15.5. The van der Waals surface area contributed by atoms with E-state index < -0.39 is 17.9 Å². The number of fused-ring (bicyclic) bond motifs is 1. The van der Waals surface area contributed by atoms with E-state index in [1.54, 1.807) is 42.5 Å². The predicted molar refractivity (Wildman–Crippen MR) is 102 cm³/mol. The van der Waals surface area contributed by atoms with Gasteiger partial charge in [0.2, 0.25) is 0 Å². The number of nitrogens with zero attached hydrogens (tertiary/aromatic N) is 1. The van der Waals surface area contributed by atoms with Crippen LogP contribution in [0.5, 0.6) is 5.75 Å². The molecule has 1 atom stereocenters. The lowest BCUT2D eigenvalue weighted by molar-refractivity contribution is -0.141. The average Bonchev–Trinajstić information content (AvgIpc) is 3.16. The first-order valence-corrected chi connectivity index (χ1v) is 8.69. The Bertz CT molecular complexity index is 1080. The van der Waals surface area contributed by atoms with Crippen LogP contribution in [0.25, 0.3) is 11.0 Å². The van der Waals surface area contributed by atoms with E-state index in [1.807, 2.05) is 6.07 Å². The van der Waals surface area contributed by atoms with Crippen LogP contribution in [0.1, 0.15) is 21.7 Å². The lowest BCUT2D eigenvalue weighted by Crippen LogP contribution is -2.43. The van der Waals surface area contributed by atoms with Gasteiger partial charge in [0.1, 0.15) is 11.3 Å². The molecule has 0 saturated heterocycles. The molecule has 0 saturated carbocycles. The largest absolute Gasteiger partial charge is 0.497 e. The zero-order chi connectivity index (χ0) is 20.8. The first-order chi connectivity index (χ1) is 14.0. The van der Waals surface area contributed by atoms with Crippen molar-refractivity contribution in [3.8, 4) is 11.8 Å². The topological polar surface area (TPSA) is 122 Å². The number of methoxy groups -OCH3 is 1. The van der Waals surface area contributed by atoms with Crippen LogP contribution in [0.3, 0.4) is 0 Å². The summed E-state index contributed by atoms with van der Waals surface area (Å²) in [5.74, 6) is -1.33. The molecule has 1 amide bonds. The molecule has 0 aliphatic heterocycles. The highest BCUT2D eigenvalue weighted by Gasteiger charge is 2.23. The van der Waals surface area contributed by atoms with E-state index in [9.17, 15) is 14.7 Å². The van der Waals surface area contributed by atoms with Gasteiger partial charge in [0.25, 0.3) is 5.91 Å². The maximum atomic E-state index is 12.4. The Morgan fingerprint density at radius 1 is 1.24 bits per heavy atom. The lowest BCUT2D eigenvalue weighted by Gasteiger charge is -2.14. The SMILES string of the molecule is COc1ccc2oc(C(=O)NC(COCc3ccccc3C#N)C(=O)O)cc2c1. The Labute approximate surface area is 166 Å². The third kappa shape index (κ3) is 4.72. The van der Waals surface area contributed by atoms with Crippen molar-refractivity contribution in [1.29, 1.82) is 5.26 Å². The molecule has 0 aliphatic carbocycles. The molecule has 3 rings (SSSR count). The summed E-state index contributed by atoms with van der Waals surface area (Å²) in [6, 6.07) is 14.2. The summed E-state index contributed by atoms with van der Waals surface area (Å²) in [7, 11) is 1.53. The summed E-state index contributed by atoms with van der Waals surface area (Å²) >= 11 is 0. The maximum absolute atomic E-state index is 12.4. The number of carboxylic acids is 1. The number of carbonyl (C=O) groups is 2. The van der Waals surface area contributed by atoms with Crippen LogP contribution in [-0.4, -0.2) is 36.7 Å². The number of hydrogen-bond donors (Lipinski definition) is 2. The minimum Gasteiger partial charge on any atom is -0.497 e. The molecule has 148 valence electrons. The molecule has 2 aromatic carbocycles. The Kier molecular flexibility index (Phi) is 6.12. The van der Waals surface area contributed by atoms with Crippen molar-refractivity contribution < 1.29 is 28.6 Å². The standard InChI is InChI=1S/C21H18N2O6/c1-27-16-6-7-18-15(8-16)9-19(29-18)20(24)23-17(21(25)26)12-28-11-14-5-3-2-4-13(14)10-22/h2-9,17H,11-12H2,1H3,(H,23,24)(H,25,26). The number of hydrogen-bond acceptors (Lipinski definition) is 6. The maximum Gasteiger partial charge on any atom is 0.328 e. The summed E-state index contributed by atoms with van der Waals surface area (Å²) in [6.07, 6.45) is 0. The average molecular weight is 394 g/mol. The Morgan fingerprint density at radius 2 is 2.03 bits per heavy atom. The smallest absolute Gasteiger partial charge is 0.328 e. The highest BCUT2D eigenvalue weighted by molar-refractivity contribution is 5.98. The second-order valence-corrected chi connectivity index (χ2v) is 6.16. The number of furan rings is 1. The van der Waals surface area contributed by atoms with Gasteiger partial charge in [-0.25, -0.2) is 4.79 Å². The molecule has 0 bridgehead atoms. The van der Waals surface area contributed by atoms with Crippen LogP contribution >= 0.6 is 0 Å². The van der Waals surface area contributed by atoms with Gasteiger partial charge >= 0.3 is 5.97 Å². The molecule has 2 N–H and O–H groups in total. The molecule has 1 heterocycles. The van der Waals surface area contributed by atoms with Crippen molar-refractivity contribution in [1.82, 2.24) is 5.32 Å². The van der Waals surface area contributed by atoms with Crippen molar-refractivity contribution in [3.05, 3.63) is 65.4 Å². The fourth-order valence-electron chi connectivity index (χ4n) is 2.71. The van der Waals surface area contributed by atoms with Crippen molar-refractivity contribution in [2.24, 2.45) is 0 Å². The number of amides is 1. The molecule has 1 aromatic heterocycles. The van der Waals surface area contributed by atoms with Gasteiger partial charge in [-0.15, -0.1) is 0 Å². The molecule has 0 fully saturated rings. The second-order valence-electron chi connectivity index (χ2n) is 6.16. The van der Waals surface area contributed by atoms with Crippen molar-refractivity contribution in [2.45, 2.75) is 12.6 Å². The number of benzene rings is 2. The van der Waals surface area contributed by atoms with Gasteiger partial charge in [-0.2, -0.15) is 5.26 Å². The number of carbonyl (C=O) groups excluding carboxylic acids is 1. The van der Waals surface area contributed by atoms with Crippen molar-refractivity contribution in [2.75, 3.05) is 13.7 Å². The van der Waals surface area contributed by atoms with Crippen LogP contribution in [0.4, 0.5) is 0 Å². The lowest BCUT2D eigenvalue weighted by atomic mass is 10.1. The molecule has 0 radical (unpaired) electrons. The van der Waals surface area contributed by atoms with Crippen LogP contribution in [0, 0.1) is 11.3 Å². The normalized spacial score (nSPS) is 11.6. The number of carboxylic acid groups (broad SMARTS) is 1. The molecule has 29 heavy (non-hydrogen) atoms. The Balaban J connectivity index is 1.65. The summed E-state index contributed by atoms with van der Waals surface area (Å²) in [5, 5.41) is 21.5. The van der Waals surface area contributed by atoms with Crippen LogP contribution < -0.4 is 10.1 Å². The molecule has 1 unspecified atom stereocenters. The van der Waals surface area contributed by atoms with E-state index in [2.05, 4.69) is 5.32 Å². The summed E-state index contributed by atoms with van der Waals surface area (Å²) in [6.45, 7) is -0.220. The minimum absolute atomic E-state index is 0.0191. The van der Waals surface area contributed by atoms with Gasteiger partial charge in [-0.1, -0.05) is 18.2 Å². The van der Waals surface area contributed by atoms with E-state index in [0.29, 0.717) is 27.8 Å². The summed E-state index contributed by atoms with van der Waals surface area (Å²) < 4.78 is 16.0. The zero-order valence-corrected chi connectivity index (χ0v) is 15.5. The van der Waals surface area contributed by atoms with Gasteiger partial charge in [0, 0.05) is 5.39 Å². The monoisotopic (exact) mass is 394 g/mol. The van der Waals surface area contributed by atoms with Crippen LogP contribution in [-0.2, 0) is 16.1 Å². The van der Waals surface area contributed by atoms with Crippen LogP contribution in [0.15, 0.2) is 52.9 Å². The van der Waals surface area contributed by atoms with E-state index in [4.69, 9.17) is 19.2 Å². The summed E-state index contributed by atoms with van der Waals surface area (Å²) in [4.78, 5) is 23.9. The molecule has 8 nitrogen and oxygen atoms in total. The predicted octanol–water partition coefficient (Wildman–Crippen LogP) is 2.71. The molecule has 8 heteroatoms. The van der Waals surface area contributed by atoms with Gasteiger partial charge < -0.3 is 24.3 Å². The first-order valence-electron chi connectivity index (χ1n) is 8.69. The van der Waals surface area contributed by atoms with Crippen molar-refractivity contribution >= 4 is 22.8 Å². The van der Waals surface area contributed by atoms with E-state index in [0.717, 1.165) is 0 Å². The van der Waals surface area contributed by atoms with Gasteiger partial charge in [-0.3, -0.25) is 4.79 Å². The number of nitriles is 1. The molecular formula is C21H18N2O6. The Hall–Kier alpha value is -3.83. The highest BCUT2D eigenvalue weighted by atomic mass is 16.5.